The summed E-state index contributed by atoms with van der Waals surface area (Å²) in [5, 5.41) is 0. The molecule has 7 nitrogen and oxygen atoms in total. The van der Waals surface area contributed by atoms with E-state index in [1.54, 1.807) is 0 Å². The van der Waals surface area contributed by atoms with Gasteiger partial charge in [0.05, 0.1) is 31.8 Å². The van der Waals surface area contributed by atoms with Crippen LogP contribution in [0.5, 0.6) is 11.8 Å². The first-order valence-corrected chi connectivity index (χ1v) is 10.1. The van der Waals surface area contributed by atoms with Gasteiger partial charge in [0.1, 0.15) is 6.10 Å². The number of hydrogen-bond donors (Lipinski definition) is 0. The Morgan fingerprint density at radius 3 is 2.65 bits per heavy atom. The third kappa shape index (κ3) is 4.70. The predicted molar refractivity (Wildman–Crippen MR) is 97.6 cm³/mol. The van der Waals surface area contributed by atoms with E-state index in [0.29, 0.717) is 24.8 Å². The Labute approximate surface area is 154 Å². The van der Waals surface area contributed by atoms with Crippen LogP contribution >= 0.6 is 0 Å². The molecule has 1 atom stereocenters. The van der Waals surface area contributed by atoms with Gasteiger partial charge in [-0.1, -0.05) is 29.8 Å². The minimum Gasteiger partial charge on any atom is -0.480 e. The zero-order valence-corrected chi connectivity index (χ0v) is 15.8. The molecule has 1 aromatic carbocycles. The second-order valence-corrected chi connectivity index (χ2v) is 8.35. The highest BCUT2D eigenvalue weighted by Crippen LogP contribution is 2.21. The summed E-state index contributed by atoms with van der Waals surface area (Å²) in [6, 6.07) is 7.57. The fraction of sp³-hybridized carbons (Fsp3) is 0.444. The van der Waals surface area contributed by atoms with Gasteiger partial charge >= 0.3 is 0 Å². The van der Waals surface area contributed by atoms with Crippen LogP contribution in [0, 0.1) is 6.92 Å². The number of hydrogen-bond acceptors (Lipinski definition) is 6. The zero-order valence-electron chi connectivity index (χ0n) is 15.0. The lowest BCUT2D eigenvalue weighted by Crippen LogP contribution is -2.44. The number of nitrogens with zero attached hydrogens (tertiary/aromatic N) is 3. The Kier molecular flexibility index (Phi) is 5.73. The molecule has 0 saturated carbocycles. The Bertz CT molecular complexity index is 840. The van der Waals surface area contributed by atoms with Crippen LogP contribution in [-0.4, -0.2) is 49.0 Å². The first kappa shape index (κ1) is 18.6. The van der Waals surface area contributed by atoms with Crippen molar-refractivity contribution in [2.75, 3.05) is 20.2 Å². The van der Waals surface area contributed by atoms with Gasteiger partial charge in [-0.25, -0.2) is 8.42 Å². The van der Waals surface area contributed by atoms with Crippen molar-refractivity contribution in [2.24, 2.45) is 0 Å². The van der Waals surface area contributed by atoms with E-state index in [4.69, 9.17) is 9.47 Å². The fourth-order valence-corrected chi connectivity index (χ4v) is 4.49. The van der Waals surface area contributed by atoms with Gasteiger partial charge in [0, 0.05) is 6.54 Å². The third-order valence-corrected chi connectivity index (χ3v) is 6.11. The molecular formula is C18H23N3O4S. The second-order valence-electron chi connectivity index (χ2n) is 6.38. The molecule has 2 aromatic rings. The molecule has 1 aliphatic rings. The molecule has 3 rings (SSSR count). The van der Waals surface area contributed by atoms with Crippen molar-refractivity contribution in [3.63, 3.8) is 0 Å². The maximum absolute atomic E-state index is 12.8. The van der Waals surface area contributed by atoms with Crippen molar-refractivity contribution in [1.29, 1.82) is 0 Å². The number of sulfonamides is 1. The van der Waals surface area contributed by atoms with Crippen LogP contribution in [0.3, 0.4) is 0 Å². The first-order valence-electron chi connectivity index (χ1n) is 8.52. The van der Waals surface area contributed by atoms with Crippen LogP contribution in [0.2, 0.25) is 0 Å². The Balaban J connectivity index is 1.65. The lowest BCUT2D eigenvalue weighted by atomic mass is 10.1. The maximum atomic E-state index is 12.8. The minimum atomic E-state index is -3.39. The Morgan fingerprint density at radius 1 is 1.19 bits per heavy atom. The van der Waals surface area contributed by atoms with Gasteiger partial charge in [0.25, 0.3) is 0 Å². The fourth-order valence-electron chi connectivity index (χ4n) is 2.90. The van der Waals surface area contributed by atoms with Gasteiger partial charge in [-0.3, -0.25) is 4.98 Å². The van der Waals surface area contributed by atoms with E-state index >= 15 is 0 Å². The number of aryl methyl sites for hydroxylation is 1. The van der Waals surface area contributed by atoms with E-state index in [1.165, 1.54) is 23.8 Å². The highest BCUT2D eigenvalue weighted by Gasteiger charge is 2.30. The highest BCUT2D eigenvalue weighted by molar-refractivity contribution is 7.88. The highest BCUT2D eigenvalue weighted by atomic mass is 32.2. The molecule has 0 bridgehead atoms. The van der Waals surface area contributed by atoms with Crippen LogP contribution in [0.1, 0.15) is 24.0 Å². The van der Waals surface area contributed by atoms with Gasteiger partial charge in [-0.15, -0.1) is 0 Å². The van der Waals surface area contributed by atoms with Crippen LogP contribution in [0.15, 0.2) is 36.7 Å². The van der Waals surface area contributed by atoms with Crippen LogP contribution in [0.4, 0.5) is 0 Å². The summed E-state index contributed by atoms with van der Waals surface area (Å²) in [6.07, 6.45) is 4.26. The van der Waals surface area contributed by atoms with Crippen LogP contribution < -0.4 is 9.47 Å². The predicted octanol–water partition coefficient (Wildman–Crippen LogP) is 2.17. The first-order chi connectivity index (χ1) is 12.5. The molecule has 0 amide bonds. The molecule has 140 valence electrons. The van der Waals surface area contributed by atoms with Crippen molar-refractivity contribution in [2.45, 2.75) is 31.6 Å². The molecule has 2 heterocycles. The topological polar surface area (TPSA) is 81.6 Å². The molecular weight excluding hydrogens is 354 g/mol. The average Bonchev–Trinajstić information content (AvgIpc) is 2.64. The summed E-state index contributed by atoms with van der Waals surface area (Å²) >= 11 is 0. The lowest BCUT2D eigenvalue weighted by Gasteiger charge is -2.31. The third-order valence-electron chi connectivity index (χ3n) is 4.29. The number of benzene rings is 1. The summed E-state index contributed by atoms with van der Waals surface area (Å²) < 4.78 is 37.9. The van der Waals surface area contributed by atoms with Crippen molar-refractivity contribution in [1.82, 2.24) is 14.3 Å². The normalized spacial score (nSPS) is 18.5. The summed E-state index contributed by atoms with van der Waals surface area (Å²) in [6.45, 7) is 2.80. The Morgan fingerprint density at radius 2 is 1.92 bits per heavy atom. The molecule has 8 heteroatoms. The number of ether oxygens (including phenoxy) is 2. The molecule has 0 spiro atoms. The van der Waals surface area contributed by atoms with E-state index in [1.807, 2.05) is 31.2 Å². The smallest absolute Gasteiger partial charge is 0.235 e. The number of methoxy groups -OCH3 is 1. The summed E-state index contributed by atoms with van der Waals surface area (Å²) in [5.41, 5.74) is 1.90. The summed E-state index contributed by atoms with van der Waals surface area (Å²) in [7, 11) is -1.89. The van der Waals surface area contributed by atoms with Crippen molar-refractivity contribution in [3.05, 3.63) is 47.8 Å². The van der Waals surface area contributed by atoms with E-state index in [2.05, 4.69) is 9.97 Å². The molecule has 1 saturated heterocycles. The molecule has 0 N–H and O–H groups in total. The van der Waals surface area contributed by atoms with Gasteiger partial charge in [0.2, 0.25) is 21.8 Å². The summed E-state index contributed by atoms with van der Waals surface area (Å²) in [5.74, 6) is 0.702. The molecule has 26 heavy (non-hydrogen) atoms. The van der Waals surface area contributed by atoms with Gasteiger partial charge < -0.3 is 9.47 Å². The molecule has 0 aliphatic carbocycles. The molecule has 1 fully saturated rings. The summed E-state index contributed by atoms with van der Waals surface area (Å²) in [4.78, 5) is 8.18. The van der Waals surface area contributed by atoms with E-state index in [0.717, 1.165) is 24.0 Å². The van der Waals surface area contributed by atoms with E-state index in [-0.39, 0.29) is 11.9 Å². The largest absolute Gasteiger partial charge is 0.480 e. The van der Waals surface area contributed by atoms with E-state index in [9.17, 15) is 8.42 Å². The van der Waals surface area contributed by atoms with Crippen LogP contribution in [0.25, 0.3) is 0 Å². The van der Waals surface area contributed by atoms with Gasteiger partial charge in [-0.05, 0) is 25.3 Å². The molecule has 1 aliphatic heterocycles. The second kappa shape index (κ2) is 8.01. The molecule has 1 aromatic heterocycles. The van der Waals surface area contributed by atoms with Crippen LogP contribution in [-0.2, 0) is 15.8 Å². The lowest BCUT2D eigenvalue weighted by molar-refractivity contribution is 0.123. The Hall–Kier alpha value is -2.19. The van der Waals surface area contributed by atoms with E-state index < -0.39 is 10.0 Å². The SMILES string of the molecule is COc1cncc(OC2CCCN(S(=O)(=O)Cc3ccc(C)cc3)C2)n1. The van der Waals surface area contributed by atoms with Gasteiger partial charge in [0.15, 0.2) is 0 Å². The van der Waals surface area contributed by atoms with Crippen molar-refractivity contribution in [3.8, 4) is 11.8 Å². The number of piperidine rings is 1. The quantitative estimate of drug-likeness (QED) is 0.767. The monoisotopic (exact) mass is 377 g/mol. The maximum Gasteiger partial charge on any atom is 0.235 e. The van der Waals surface area contributed by atoms with Crippen molar-refractivity contribution >= 4 is 10.0 Å². The number of aromatic nitrogens is 2. The molecule has 1 unspecified atom stereocenters. The zero-order chi connectivity index (χ0) is 18.6. The van der Waals surface area contributed by atoms with Gasteiger partial charge in [-0.2, -0.15) is 9.29 Å². The number of rotatable bonds is 6. The standard InChI is InChI=1S/C18H23N3O4S/c1-14-5-7-15(8-6-14)13-26(22,23)21-9-3-4-16(12-21)25-18-11-19-10-17(20-18)24-2/h5-8,10-11,16H,3-4,9,12-13H2,1-2H3. The molecule has 0 radical (unpaired) electrons. The van der Waals surface area contributed by atoms with Crippen molar-refractivity contribution < 1.29 is 17.9 Å². The minimum absolute atomic E-state index is 0.00103. The average molecular weight is 377 g/mol.